The normalized spacial score (nSPS) is 18.0. The number of hydrogen-bond acceptors (Lipinski definition) is 3. The van der Waals surface area contributed by atoms with Crippen LogP contribution in [-0.2, 0) is 0 Å². The molecule has 0 aromatic heterocycles. The third-order valence-corrected chi connectivity index (χ3v) is 3.31. The first-order chi connectivity index (χ1) is 9.26. The summed E-state index contributed by atoms with van der Waals surface area (Å²) in [5, 5.41) is 9.13. The number of nitrogens with zero attached hydrogens (tertiary/aromatic N) is 1. The van der Waals surface area contributed by atoms with Crippen LogP contribution in [0.25, 0.3) is 0 Å². The summed E-state index contributed by atoms with van der Waals surface area (Å²) in [6.45, 7) is 1.73. The third-order valence-electron chi connectivity index (χ3n) is 3.31. The maximum atomic E-state index is 12.4. The highest BCUT2D eigenvalue weighted by Gasteiger charge is 2.27. The average Bonchev–Trinajstić information content (AvgIpc) is 2.93. The van der Waals surface area contributed by atoms with Crippen molar-refractivity contribution in [2.75, 3.05) is 26.2 Å². The van der Waals surface area contributed by atoms with Crippen molar-refractivity contribution in [3.8, 4) is 11.8 Å². The van der Waals surface area contributed by atoms with Gasteiger partial charge >= 0.3 is 0 Å². The van der Waals surface area contributed by atoms with Gasteiger partial charge in [0, 0.05) is 31.2 Å². The number of aliphatic hydroxyl groups is 1. The van der Waals surface area contributed by atoms with Crippen molar-refractivity contribution in [2.45, 2.75) is 6.42 Å². The quantitative estimate of drug-likeness (QED) is 0.757. The largest absolute Gasteiger partial charge is 0.396 e. The molecule has 2 rings (SSSR count). The Morgan fingerprint density at radius 3 is 2.95 bits per heavy atom. The van der Waals surface area contributed by atoms with Crippen molar-refractivity contribution in [3.05, 3.63) is 35.4 Å². The number of likely N-dealkylation sites (tertiary alicyclic amines) is 1. The predicted molar refractivity (Wildman–Crippen MR) is 73.5 cm³/mol. The van der Waals surface area contributed by atoms with Gasteiger partial charge in [-0.05, 0) is 18.6 Å². The lowest BCUT2D eigenvalue weighted by atomic mass is 10.1. The standard InChI is InChI=1S/C15H18N2O2/c16-8-3-5-13-4-1-2-6-14(13)15(19)17-9-7-12(10-17)11-18/h1-2,4,6,12,18H,7-11,16H2. The SMILES string of the molecule is NCC#Cc1ccccc1C(=O)N1CCC(CO)C1. The molecule has 1 fully saturated rings. The first kappa shape index (κ1) is 13.6. The average molecular weight is 258 g/mol. The fraction of sp³-hybridized carbons (Fsp3) is 0.400. The molecular weight excluding hydrogens is 240 g/mol. The molecule has 1 aromatic carbocycles. The predicted octanol–water partition coefficient (Wildman–Crippen LogP) is 0.451. The number of carbonyl (C=O) groups excluding carboxylic acids is 1. The summed E-state index contributed by atoms with van der Waals surface area (Å²) in [5.74, 6) is 5.89. The summed E-state index contributed by atoms with van der Waals surface area (Å²) >= 11 is 0. The Balaban J connectivity index is 2.20. The number of nitrogens with two attached hydrogens (primary N) is 1. The van der Waals surface area contributed by atoms with Crippen LogP contribution in [0.1, 0.15) is 22.3 Å². The number of amides is 1. The highest BCUT2D eigenvalue weighted by Crippen LogP contribution is 2.19. The first-order valence-electron chi connectivity index (χ1n) is 6.44. The zero-order valence-electron chi connectivity index (χ0n) is 10.8. The van der Waals surface area contributed by atoms with Crippen LogP contribution in [0, 0.1) is 17.8 Å². The monoisotopic (exact) mass is 258 g/mol. The second kappa shape index (κ2) is 6.37. The lowest BCUT2D eigenvalue weighted by molar-refractivity contribution is 0.0781. The molecule has 1 heterocycles. The third kappa shape index (κ3) is 3.14. The molecule has 1 aliphatic rings. The first-order valence-corrected chi connectivity index (χ1v) is 6.44. The molecule has 0 aliphatic carbocycles. The second-order valence-corrected chi connectivity index (χ2v) is 4.64. The van der Waals surface area contributed by atoms with E-state index in [1.807, 2.05) is 18.2 Å². The molecular formula is C15H18N2O2. The van der Waals surface area contributed by atoms with Gasteiger partial charge in [0.1, 0.15) is 0 Å². The molecule has 3 N–H and O–H groups in total. The van der Waals surface area contributed by atoms with Gasteiger partial charge in [0.25, 0.3) is 5.91 Å². The summed E-state index contributed by atoms with van der Waals surface area (Å²) < 4.78 is 0. The molecule has 4 nitrogen and oxygen atoms in total. The van der Waals surface area contributed by atoms with E-state index in [0.29, 0.717) is 24.2 Å². The number of benzene rings is 1. The summed E-state index contributed by atoms with van der Waals surface area (Å²) in [7, 11) is 0. The van der Waals surface area contributed by atoms with Gasteiger partial charge in [0.05, 0.1) is 12.1 Å². The van der Waals surface area contributed by atoms with E-state index in [9.17, 15) is 4.79 Å². The van der Waals surface area contributed by atoms with Gasteiger partial charge in [-0.25, -0.2) is 0 Å². The Morgan fingerprint density at radius 2 is 2.26 bits per heavy atom. The van der Waals surface area contributed by atoms with Crippen LogP contribution in [0.3, 0.4) is 0 Å². The number of rotatable bonds is 2. The summed E-state index contributed by atoms with van der Waals surface area (Å²) in [6.07, 6.45) is 0.860. The van der Waals surface area contributed by atoms with Gasteiger partial charge in [-0.1, -0.05) is 24.0 Å². The van der Waals surface area contributed by atoms with Crippen LogP contribution in [0.2, 0.25) is 0 Å². The Kier molecular flexibility index (Phi) is 4.56. The molecule has 0 saturated carbocycles. The smallest absolute Gasteiger partial charge is 0.255 e. The Morgan fingerprint density at radius 1 is 1.47 bits per heavy atom. The molecule has 1 aromatic rings. The zero-order valence-corrected chi connectivity index (χ0v) is 10.8. The van der Waals surface area contributed by atoms with Gasteiger partial charge in [0.2, 0.25) is 0 Å². The molecule has 4 heteroatoms. The molecule has 1 aliphatic heterocycles. The van der Waals surface area contributed by atoms with Gasteiger partial charge in [-0.3, -0.25) is 4.79 Å². The molecule has 19 heavy (non-hydrogen) atoms. The van der Waals surface area contributed by atoms with Crippen molar-refractivity contribution in [1.82, 2.24) is 4.90 Å². The summed E-state index contributed by atoms with van der Waals surface area (Å²) in [4.78, 5) is 14.2. The Hall–Kier alpha value is -1.83. The maximum Gasteiger partial charge on any atom is 0.255 e. The lowest BCUT2D eigenvalue weighted by Crippen LogP contribution is -2.29. The van der Waals surface area contributed by atoms with Gasteiger partial charge in [-0.2, -0.15) is 0 Å². The van der Waals surface area contributed by atoms with E-state index >= 15 is 0 Å². The van der Waals surface area contributed by atoms with Crippen molar-refractivity contribution in [1.29, 1.82) is 0 Å². The zero-order chi connectivity index (χ0) is 13.7. The maximum absolute atomic E-state index is 12.4. The van der Waals surface area contributed by atoms with Crippen LogP contribution in [0.4, 0.5) is 0 Å². The van der Waals surface area contributed by atoms with Crippen molar-refractivity contribution < 1.29 is 9.90 Å². The van der Waals surface area contributed by atoms with Crippen LogP contribution in [0.15, 0.2) is 24.3 Å². The highest BCUT2D eigenvalue weighted by molar-refractivity contribution is 5.96. The van der Waals surface area contributed by atoms with E-state index in [2.05, 4.69) is 11.8 Å². The van der Waals surface area contributed by atoms with Gasteiger partial charge in [-0.15, -0.1) is 0 Å². The van der Waals surface area contributed by atoms with E-state index in [1.54, 1.807) is 11.0 Å². The minimum Gasteiger partial charge on any atom is -0.396 e. The summed E-state index contributed by atoms with van der Waals surface area (Å²) in [6, 6.07) is 7.31. The Bertz CT molecular complexity index is 516. The molecule has 0 bridgehead atoms. The van der Waals surface area contributed by atoms with Crippen molar-refractivity contribution >= 4 is 5.91 Å². The minimum atomic E-state index is -0.0159. The number of carbonyl (C=O) groups is 1. The lowest BCUT2D eigenvalue weighted by Gasteiger charge is -2.17. The van der Waals surface area contributed by atoms with E-state index in [1.165, 1.54) is 0 Å². The van der Waals surface area contributed by atoms with Crippen LogP contribution < -0.4 is 5.73 Å². The van der Waals surface area contributed by atoms with Gasteiger partial charge < -0.3 is 15.7 Å². The minimum absolute atomic E-state index is 0.0159. The van der Waals surface area contributed by atoms with E-state index < -0.39 is 0 Å². The topological polar surface area (TPSA) is 66.6 Å². The second-order valence-electron chi connectivity index (χ2n) is 4.64. The van der Waals surface area contributed by atoms with Gasteiger partial charge in [0.15, 0.2) is 0 Å². The van der Waals surface area contributed by atoms with Crippen molar-refractivity contribution in [3.63, 3.8) is 0 Å². The summed E-state index contributed by atoms with van der Waals surface area (Å²) in [5.41, 5.74) is 6.69. The van der Waals surface area contributed by atoms with Crippen LogP contribution in [-0.4, -0.2) is 42.2 Å². The molecule has 100 valence electrons. The van der Waals surface area contributed by atoms with Crippen LogP contribution in [0.5, 0.6) is 0 Å². The number of hydrogen-bond donors (Lipinski definition) is 2. The number of aliphatic hydroxyl groups excluding tert-OH is 1. The van der Waals surface area contributed by atoms with E-state index in [0.717, 1.165) is 6.42 Å². The van der Waals surface area contributed by atoms with Crippen LogP contribution >= 0.6 is 0 Å². The Labute approximate surface area is 113 Å². The fourth-order valence-corrected chi connectivity index (χ4v) is 2.26. The van der Waals surface area contributed by atoms with Crippen molar-refractivity contribution in [2.24, 2.45) is 11.7 Å². The molecule has 1 atom stereocenters. The molecule has 1 saturated heterocycles. The highest BCUT2D eigenvalue weighted by atomic mass is 16.3. The molecule has 0 spiro atoms. The van der Waals surface area contributed by atoms with E-state index in [4.69, 9.17) is 10.8 Å². The molecule has 1 unspecified atom stereocenters. The molecule has 1 amide bonds. The fourth-order valence-electron chi connectivity index (χ4n) is 2.26. The molecule has 0 radical (unpaired) electrons. The van der Waals surface area contributed by atoms with E-state index in [-0.39, 0.29) is 25.0 Å².